The molecule has 1 aliphatic heterocycles. The highest BCUT2D eigenvalue weighted by Gasteiger charge is 2.31. The summed E-state index contributed by atoms with van der Waals surface area (Å²) >= 11 is 1.30. The van der Waals surface area contributed by atoms with Gasteiger partial charge in [0.15, 0.2) is 5.01 Å². The van der Waals surface area contributed by atoms with Crippen LogP contribution in [0.15, 0.2) is 24.3 Å². The van der Waals surface area contributed by atoms with E-state index < -0.39 is 6.04 Å². The lowest BCUT2D eigenvalue weighted by atomic mass is 9.96. The largest absolute Gasteiger partial charge is 0.356 e. The van der Waals surface area contributed by atoms with E-state index in [-0.39, 0.29) is 17.6 Å². The van der Waals surface area contributed by atoms with Crippen LogP contribution in [0.25, 0.3) is 10.2 Å². The van der Waals surface area contributed by atoms with Crippen molar-refractivity contribution < 1.29 is 14.4 Å². The molecule has 2 amide bonds. The first-order valence-electron chi connectivity index (χ1n) is 7.06. The molecule has 1 saturated heterocycles. The van der Waals surface area contributed by atoms with E-state index in [1.165, 1.54) is 11.3 Å². The third kappa shape index (κ3) is 2.85. The van der Waals surface area contributed by atoms with Crippen molar-refractivity contribution in [2.75, 3.05) is 6.54 Å². The normalized spacial score (nSPS) is 18.9. The number of ketones is 1. The van der Waals surface area contributed by atoms with E-state index >= 15 is 0 Å². The molecule has 0 saturated carbocycles. The first-order valence-corrected chi connectivity index (χ1v) is 7.88. The van der Waals surface area contributed by atoms with Crippen LogP contribution < -0.4 is 10.6 Å². The number of thiazole rings is 1. The van der Waals surface area contributed by atoms with Gasteiger partial charge in [-0.1, -0.05) is 12.1 Å². The number of benzene rings is 1. The molecule has 3 rings (SSSR count). The van der Waals surface area contributed by atoms with Crippen LogP contribution >= 0.6 is 11.3 Å². The van der Waals surface area contributed by atoms with E-state index in [1.54, 1.807) is 0 Å². The van der Waals surface area contributed by atoms with Gasteiger partial charge in [0.25, 0.3) is 0 Å². The Hall–Kier alpha value is -2.28. The lowest BCUT2D eigenvalue weighted by Gasteiger charge is -2.16. The molecule has 0 aliphatic carbocycles. The number of carbonyl (C=O) groups excluding carboxylic acids is 3. The first kappa shape index (κ1) is 14.6. The topological polar surface area (TPSA) is 88.2 Å². The van der Waals surface area contributed by atoms with E-state index in [0.717, 1.165) is 10.2 Å². The Labute approximate surface area is 130 Å². The van der Waals surface area contributed by atoms with Gasteiger partial charge < -0.3 is 10.6 Å². The Bertz CT molecular complexity index is 695. The first-order chi connectivity index (χ1) is 10.7. The number of aromatic nitrogens is 1. The predicted octanol–water partition coefficient (Wildman–Crippen LogP) is 1.12. The summed E-state index contributed by atoms with van der Waals surface area (Å²) in [5.74, 6) is -0.543. The van der Waals surface area contributed by atoms with Crippen LogP contribution in [0.4, 0.5) is 0 Å². The van der Waals surface area contributed by atoms with Crippen LogP contribution in [0.5, 0.6) is 0 Å². The lowest BCUT2D eigenvalue weighted by molar-refractivity contribution is -0.123. The molecular weight excluding hydrogens is 302 g/mol. The molecule has 7 heteroatoms. The highest BCUT2D eigenvalue weighted by Crippen LogP contribution is 2.24. The summed E-state index contributed by atoms with van der Waals surface area (Å²) in [7, 11) is 0. The van der Waals surface area contributed by atoms with E-state index in [0.29, 0.717) is 30.8 Å². The standard InChI is InChI=1S/C15H15N3O3S/c19-8-17-11(7-9-5-6-16-14(9)21)13(20)15-18-10-3-1-2-4-12(10)22-15/h1-4,8-9,11H,5-7H2,(H,16,21)(H,17,19). The van der Waals surface area contributed by atoms with Gasteiger partial charge in [0.1, 0.15) is 0 Å². The molecule has 0 spiro atoms. The number of nitrogens with zero attached hydrogens (tertiary/aromatic N) is 1. The lowest BCUT2D eigenvalue weighted by Crippen LogP contribution is -2.38. The van der Waals surface area contributed by atoms with Crippen LogP contribution in [-0.2, 0) is 9.59 Å². The summed E-state index contributed by atoms with van der Waals surface area (Å²) < 4.78 is 0.925. The molecule has 0 bridgehead atoms. The highest BCUT2D eigenvalue weighted by atomic mass is 32.1. The zero-order chi connectivity index (χ0) is 15.5. The van der Waals surface area contributed by atoms with E-state index in [1.807, 2.05) is 24.3 Å². The molecule has 1 aromatic heterocycles. The molecular formula is C15H15N3O3S. The molecule has 2 unspecified atom stereocenters. The van der Waals surface area contributed by atoms with Crippen molar-refractivity contribution in [2.24, 2.45) is 5.92 Å². The second-order valence-electron chi connectivity index (χ2n) is 5.20. The van der Waals surface area contributed by atoms with E-state index in [2.05, 4.69) is 15.6 Å². The average molecular weight is 317 g/mol. The Morgan fingerprint density at radius 2 is 2.32 bits per heavy atom. The summed E-state index contributed by atoms with van der Waals surface area (Å²) in [6.45, 7) is 0.618. The minimum Gasteiger partial charge on any atom is -0.356 e. The SMILES string of the molecule is O=CNC(CC1CCNC1=O)C(=O)c1nc2ccccc2s1. The Morgan fingerprint density at radius 1 is 1.50 bits per heavy atom. The van der Waals surface area contributed by atoms with Gasteiger partial charge in [-0.05, 0) is 25.0 Å². The zero-order valence-corrected chi connectivity index (χ0v) is 12.6. The summed E-state index contributed by atoms with van der Waals surface area (Å²) in [5.41, 5.74) is 0.763. The number of carbonyl (C=O) groups is 3. The van der Waals surface area contributed by atoms with Gasteiger partial charge >= 0.3 is 0 Å². The molecule has 1 aromatic carbocycles. The van der Waals surface area contributed by atoms with Gasteiger partial charge in [0.2, 0.25) is 18.1 Å². The van der Waals surface area contributed by atoms with Crippen molar-refractivity contribution in [3.05, 3.63) is 29.3 Å². The van der Waals surface area contributed by atoms with E-state index in [9.17, 15) is 14.4 Å². The molecule has 1 fully saturated rings. The van der Waals surface area contributed by atoms with Crippen molar-refractivity contribution in [3.8, 4) is 0 Å². The summed E-state index contributed by atoms with van der Waals surface area (Å²) in [4.78, 5) is 39.4. The molecule has 2 atom stereocenters. The van der Waals surface area contributed by atoms with Crippen LogP contribution in [0, 0.1) is 5.92 Å². The molecule has 2 aromatic rings. The zero-order valence-electron chi connectivity index (χ0n) is 11.7. The van der Waals surface area contributed by atoms with Crippen molar-refractivity contribution in [1.29, 1.82) is 0 Å². The monoisotopic (exact) mass is 317 g/mol. The quantitative estimate of drug-likeness (QED) is 0.617. The number of Topliss-reactive ketones (excluding diaryl/α,β-unsaturated/α-hetero) is 1. The second kappa shape index (κ2) is 6.23. The van der Waals surface area contributed by atoms with Gasteiger partial charge in [-0.3, -0.25) is 14.4 Å². The molecule has 6 nitrogen and oxygen atoms in total. The number of hydrogen-bond donors (Lipinski definition) is 2. The minimum atomic E-state index is -0.716. The third-order valence-corrected chi connectivity index (χ3v) is 4.82. The predicted molar refractivity (Wildman–Crippen MR) is 82.7 cm³/mol. The van der Waals surface area contributed by atoms with Gasteiger partial charge in [-0.15, -0.1) is 11.3 Å². The molecule has 2 N–H and O–H groups in total. The number of para-hydroxylation sites is 1. The maximum Gasteiger partial charge on any atom is 0.223 e. The van der Waals surface area contributed by atoms with Crippen molar-refractivity contribution in [2.45, 2.75) is 18.9 Å². The smallest absolute Gasteiger partial charge is 0.223 e. The number of nitrogens with one attached hydrogen (secondary N) is 2. The third-order valence-electron chi connectivity index (χ3n) is 3.77. The Kier molecular flexibility index (Phi) is 4.15. The maximum absolute atomic E-state index is 12.6. The van der Waals surface area contributed by atoms with Crippen LogP contribution in [-0.4, -0.2) is 35.7 Å². The summed E-state index contributed by atoms with van der Waals surface area (Å²) in [6, 6.07) is 6.77. The van der Waals surface area contributed by atoms with E-state index in [4.69, 9.17) is 0 Å². The number of amides is 2. The summed E-state index contributed by atoms with van der Waals surface area (Å²) in [5, 5.41) is 5.63. The maximum atomic E-state index is 12.6. The average Bonchev–Trinajstić information content (AvgIpc) is 3.12. The fourth-order valence-electron chi connectivity index (χ4n) is 2.61. The van der Waals surface area contributed by atoms with Gasteiger partial charge in [-0.25, -0.2) is 4.98 Å². The fourth-order valence-corrected chi connectivity index (χ4v) is 3.57. The van der Waals surface area contributed by atoms with Crippen molar-refractivity contribution in [1.82, 2.24) is 15.6 Å². The Morgan fingerprint density at radius 3 is 3.00 bits per heavy atom. The minimum absolute atomic E-state index is 0.0604. The summed E-state index contributed by atoms with van der Waals surface area (Å²) in [6.07, 6.45) is 1.49. The number of fused-ring (bicyclic) bond motifs is 1. The van der Waals surface area contributed by atoms with Gasteiger partial charge in [-0.2, -0.15) is 0 Å². The van der Waals surface area contributed by atoms with Gasteiger partial charge in [0.05, 0.1) is 16.3 Å². The highest BCUT2D eigenvalue weighted by molar-refractivity contribution is 7.20. The van der Waals surface area contributed by atoms with Crippen LogP contribution in [0.3, 0.4) is 0 Å². The number of rotatable bonds is 6. The fraction of sp³-hybridized carbons (Fsp3) is 0.333. The molecule has 0 radical (unpaired) electrons. The molecule has 22 heavy (non-hydrogen) atoms. The molecule has 114 valence electrons. The van der Waals surface area contributed by atoms with Gasteiger partial charge in [0, 0.05) is 12.5 Å². The second-order valence-corrected chi connectivity index (χ2v) is 6.23. The van der Waals surface area contributed by atoms with Crippen LogP contribution in [0.2, 0.25) is 0 Å². The molecule has 1 aliphatic rings. The van der Waals surface area contributed by atoms with Crippen molar-refractivity contribution in [3.63, 3.8) is 0 Å². The molecule has 2 heterocycles. The van der Waals surface area contributed by atoms with Crippen molar-refractivity contribution >= 4 is 39.7 Å². The number of hydrogen-bond acceptors (Lipinski definition) is 5. The van der Waals surface area contributed by atoms with Crippen LogP contribution in [0.1, 0.15) is 22.6 Å². The Balaban J connectivity index is 1.82.